The van der Waals surface area contributed by atoms with E-state index in [-0.39, 0.29) is 13.1 Å². The molecule has 0 aliphatic carbocycles. The van der Waals surface area contributed by atoms with E-state index in [9.17, 15) is 14.4 Å². The molecule has 7 heteroatoms. The van der Waals surface area contributed by atoms with Crippen molar-refractivity contribution in [2.75, 3.05) is 27.3 Å². The van der Waals surface area contributed by atoms with Crippen molar-refractivity contribution in [3.05, 3.63) is 34.3 Å². The molecule has 0 heterocycles. The number of rotatable bonds is 5. The number of carbonyl (C=O) groups excluding carboxylic acids is 3. The van der Waals surface area contributed by atoms with Crippen molar-refractivity contribution in [3.8, 4) is 0 Å². The van der Waals surface area contributed by atoms with E-state index in [4.69, 9.17) is 11.6 Å². The van der Waals surface area contributed by atoms with Crippen LogP contribution < -0.4 is 0 Å². The maximum Gasteiger partial charge on any atom is 0.325 e. The number of hydrogen-bond donors (Lipinski definition) is 0. The first kappa shape index (κ1) is 17.0. The second-order valence-corrected chi connectivity index (χ2v) is 4.71. The third kappa shape index (κ3) is 4.75. The lowest BCUT2D eigenvalue weighted by Crippen LogP contribution is -2.40. The first-order valence-electron chi connectivity index (χ1n) is 6.08. The zero-order valence-corrected chi connectivity index (χ0v) is 12.8. The summed E-state index contributed by atoms with van der Waals surface area (Å²) in [7, 11) is 2.41. The Hall–Kier alpha value is -2.08. The van der Waals surface area contributed by atoms with Crippen LogP contribution in [0.15, 0.2) is 18.2 Å². The van der Waals surface area contributed by atoms with Gasteiger partial charge in [0.25, 0.3) is 5.91 Å². The van der Waals surface area contributed by atoms with Gasteiger partial charge in [-0.05, 0) is 30.7 Å². The summed E-state index contributed by atoms with van der Waals surface area (Å²) >= 11 is 5.84. The summed E-state index contributed by atoms with van der Waals surface area (Å²) in [5.74, 6) is -1.72. The predicted molar refractivity (Wildman–Crippen MR) is 76.1 cm³/mol. The molecular weight excluding hydrogens is 298 g/mol. The number of carbonyl (C=O) groups is 3. The van der Waals surface area contributed by atoms with Crippen LogP contribution in [0.3, 0.4) is 0 Å². The summed E-state index contributed by atoms with van der Waals surface area (Å²) in [6.45, 7) is 1.03. The maximum atomic E-state index is 12.4. The Balaban J connectivity index is 3.02. The Morgan fingerprint density at radius 2 is 1.62 bits per heavy atom. The number of esters is 2. The number of ether oxygens (including phenoxy) is 2. The molecule has 0 unspecified atom stereocenters. The summed E-state index contributed by atoms with van der Waals surface area (Å²) < 4.78 is 9.05. The van der Waals surface area contributed by atoms with E-state index >= 15 is 0 Å². The van der Waals surface area contributed by atoms with Crippen molar-refractivity contribution >= 4 is 29.4 Å². The van der Waals surface area contributed by atoms with Gasteiger partial charge in [0.15, 0.2) is 0 Å². The normalized spacial score (nSPS) is 9.90. The fourth-order valence-electron chi connectivity index (χ4n) is 1.68. The van der Waals surface area contributed by atoms with Gasteiger partial charge >= 0.3 is 11.9 Å². The molecule has 1 rings (SSSR count). The van der Waals surface area contributed by atoms with Gasteiger partial charge in [0, 0.05) is 10.6 Å². The van der Waals surface area contributed by atoms with E-state index in [1.54, 1.807) is 25.1 Å². The highest BCUT2D eigenvalue weighted by Crippen LogP contribution is 2.17. The predicted octanol–water partition coefficient (Wildman–Crippen LogP) is 1.44. The third-order valence-corrected chi connectivity index (χ3v) is 3.04. The van der Waals surface area contributed by atoms with E-state index < -0.39 is 17.8 Å². The van der Waals surface area contributed by atoms with E-state index in [1.807, 2.05) is 0 Å². The van der Waals surface area contributed by atoms with Crippen LogP contribution >= 0.6 is 11.6 Å². The molecular formula is C14H16ClNO5. The minimum absolute atomic E-state index is 0.341. The van der Waals surface area contributed by atoms with Gasteiger partial charge in [-0.2, -0.15) is 0 Å². The molecule has 1 aromatic carbocycles. The molecule has 0 radical (unpaired) electrons. The Morgan fingerprint density at radius 1 is 1.10 bits per heavy atom. The molecule has 0 N–H and O–H groups in total. The van der Waals surface area contributed by atoms with Crippen molar-refractivity contribution in [1.82, 2.24) is 4.90 Å². The van der Waals surface area contributed by atoms with Gasteiger partial charge in [-0.15, -0.1) is 0 Å². The second kappa shape index (κ2) is 7.64. The number of halogens is 1. The van der Waals surface area contributed by atoms with Crippen LogP contribution in [0.1, 0.15) is 15.9 Å². The average molecular weight is 314 g/mol. The standard InChI is InChI=1S/C14H16ClNO5/c1-9-6-10(15)4-5-11(9)14(19)16(7-12(17)20-2)8-13(18)21-3/h4-6H,7-8H2,1-3H3. The second-order valence-electron chi connectivity index (χ2n) is 4.27. The highest BCUT2D eigenvalue weighted by Gasteiger charge is 2.23. The largest absolute Gasteiger partial charge is 0.468 e. The van der Waals surface area contributed by atoms with Gasteiger partial charge in [-0.25, -0.2) is 0 Å². The Morgan fingerprint density at radius 3 is 2.05 bits per heavy atom. The zero-order valence-electron chi connectivity index (χ0n) is 12.0. The monoisotopic (exact) mass is 313 g/mol. The quantitative estimate of drug-likeness (QED) is 0.769. The van der Waals surface area contributed by atoms with E-state index in [2.05, 4.69) is 9.47 Å². The van der Waals surface area contributed by atoms with Gasteiger partial charge in [-0.3, -0.25) is 14.4 Å². The Kier molecular flexibility index (Phi) is 6.17. The molecule has 1 aromatic rings. The van der Waals surface area contributed by atoms with Crippen molar-refractivity contribution in [3.63, 3.8) is 0 Å². The molecule has 6 nitrogen and oxygen atoms in total. The van der Waals surface area contributed by atoms with E-state index in [0.29, 0.717) is 16.1 Å². The highest BCUT2D eigenvalue weighted by molar-refractivity contribution is 6.30. The van der Waals surface area contributed by atoms with Gasteiger partial charge in [0.2, 0.25) is 0 Å². The Labute approximate surface area is 127 Å². The number of benzene rings is 1. The number of hydrogen-bond acceptors (Lipinski definition) is 5. The summed E-state index contributed by atoms with van der Waals surface area (Å²) in [5, 5.41) is 0.497. The molecule has 0 aliphatic heterocycles. The van der Waals surface area contributed by atoms with Crippen LogP contribution in [0, 0.1) is 6.92 Å². The minimum atomic E-state index is -0.626. The molecule has 0 fully saturated rings. The summed E-state index contributed by atoms with van der Waals surface area (Å²) in [5.41, 5.74) is 0.999. The fraction of sp³-hybridized carbons (Fsp3) is 0.357. The number of nitrogens with zero attached hydrogens (tertiary/aromatic N) is 1. The summed E-state index contributed by atoms with van der Waals surface area (Å²) in [4.78, 5) is 36.3. The molecule has 0 aromatic heterocycles. The fourth-order valence-corrected chi connectivity index (χ4v) is 1.90. The van der Waals surface area contributed by atoms with Crippen molar-refractivity contribution in [2.24, 2.45) is 0 Å². The number of methoxy groups -OCH3 is 2. The van der Waals surface area contributed by atoms with Crippen LogP contribution in [0.2, 0.25) is 5.02 Å². The first-order valence-corrected chi connectivity index (χ1v) is 6.46. The Bertz CT molecular complexity index is 540. The lowest BCUT2D eigenvalue weighted by Gasteiger charge is -2.21. The highest BCUT2D eigenvalue weighted by atomic mass is 35.5. The third-order valence-electron chi connectivity index (χ3n) is 2.80. The number of aryl methyl sites for hydroxylation is 1. The molecule has 1 amide bonds. The summed E-state index contributed by atoms with van der Waals surface area (Å²) in [6.07, 6.45) is 0. The van der Waals surface area contributed by atoms with Crippen molar-refractivity contribution in [1.29, 1.82) is 0 Å². The van der Waals surface area contributed by atoms with Crippen LogP contribution in [-0.2, 0) is 19.1 Å². The SMILES string of the molecule is COC(=O)CN(CC(=O)OC)C(=O)c1ccc(Cl)cc1C. The van der Waals surface area contributed by atoms with Crippen LogP contribution in [0.25, 0.3) is 0 Å². The lowest BCUT2D eigenvalue weighted by atomic mass is 10.1. The van der Waals surface area contributed by atoms with Crippen molar-refractivity contribution in [2.45, 2.75) is 6.92 Å². The molecule has 114 valence electrons. The van der Waals surface area contributed by atoms with E-state index in [1.165, 1.54) is 14.2 Å². The molecule has 0 aliphatic rings. The number of amides is 1. The topological polar surface area (TPSA) is 72.9 Å². The molecule has 0 saturated carbocycles. The molecule has 0 bridgehead atoms. The van der Waals surface area contributed by atoms with Gasteiger partial charge in [0.05, 0.1) is 14.2 Å². The average Bonchev–Trinajstić information content (AvgIpc) is 2.45. The van der Waals surface area contributed by atoms with Gasteiger partial charge < -0.3 is 14.4 Å². The minimum Gasteiger partial charge on any atom is -0.468 e. The van der Waals surface area contributed by atoms with Crippen LogP contribution in [-0.4, -0.2) is 50.1 Å². The van der Waals surface area contributed by atoms with Gasteiger partial charge in [-0.1, -0.05) is 11.6 Å². The lowest BCUT2D eigenvalue weighted by molar-refractivity contribution is -0.144. The maximum absolute atomic E-state index is 12.4. The van der Waals surface area contributed by atoms with E-state index in [0.717, 1.165) is 4.90 Å². The van der Waals surface area contributed by atoms with Gasteiger partial charge in [0.1, 0.15) is 13.1 Å². The zero-order chi connectivity index (χ0) is 16.0. The van der Waals surface area contributed by atoms with Crippen molar-refractivity contribution < 1.29 is 23.9 Å². The smallest absolute Gasteiger partial charge is 0.325 e. The molecule has 0 atom stereocenters. The summed E-state index contributed by atoms with van der Waals surface area (Å²) in [6, 6.07) is 4.74. The first-order chi connectivity index (χ1) is 9.88. The van der Waals surface area contributed by atoms with Crippen LogP contribution in [0.5, 0.6) is 0 Å². The molecule has 0 saturated heterocycles. The molecule has 0 spiro atoms. The van der Waals surface area contributed by atoms with Crippen LogP contribution in [0.4, 0.5) is 0 Å². The molecule has 21 heavy (non-hydrogen) atoms.